The third-order valence-electron chi connectivity index (χ3n) is 7.90. The van der Waals surface area contributed by atoms with Gasteiger partial charge in [-0.2, -0.15) is 0 Å². The van der Waals surface area contributed by atoms with Gasteiger partial charge in [-0.25, -0.2) is 4.39 Å². The predicted molar refractivity (Wildman–Crippen MR) is 91.1 cm³/mol. The SMILES string of the molecule is CC(=O)C1=CC[C@H]2[C@@H]3C[C@H](F)C4=CC(=O)CC[C@]4(C)[C@H]3CC[C@]12C. The Hall–Kier alpha value is -1.25. The van der Waals surface area contributed by atoms with Crippen LogP contribution in [0.4, 0.5) is 4.39 Å². The van der Waals surface area contributed by atoms with Crippen LogP contribution in [0.2, 0.25) is 0 Å². The van der Waals surface area contributed by atoms with Crippen molar-refractivity contribution in [1.82, 2.24) is 0 Å². The van der Waals surface area contributed by atoms with Gasteiger partial charge in [0.15, 0.2) is 11.6 Å². The summed E-state index contributed by atoms with van der Waals surface area (Å²) in [7, 11) is 0. The monoisotopic (exact) mass is 330 g/mol. The zero-order chi connectivity index (χ0) is 17.3. The van der Waals surface area contributed by atoms with E-state index in [1.807, 2.05) is 0 Å². The van der Waals surface area contributed by atoms with Crippen LogP contribution in [-0.4, -0.2) is 17.7 Å². The minimum atomic E-state index is -0.996. The summed E-state index contributed by atoms with van der Waals surface area (Å²) in [5.74, 6) is 1.42. The van der Waals surface area contributed by atoms with E-state index in [-0.39, 0.29) is 22.4 Å². The lowest BCUT2D eigenvalue weighted by atomic mass is 9.46. The average Bonchev–Trinajstić information content (AvgIpc) is 2.87. The first-order chi connectivity index (χ1) is 11.3. The lowest BCUT2D eigenvalue weighted by Gasteiger charge is -2.58. The molecule has 0 heterocycles. The van der Waals surface area contributed by atoms with Gasteiger partial charge in [-0.1, -0.05) is 19.9 Å². The van der Waals surface area contributed by atoms with Crippen molar-refractivity contribution in [2.45, 2.75) is 65.5 Å². The highest BCUT2D eigenvalue weighted by Crippen LogP contribution is 2.65. The van der Waals surface area contributed by atoms with Crippen molar-refractivity contribution in [3.05, 3.63) is 23.3 Å². The Balaban J connectivity index is 1.72. The maximum Gasteiger partial charge on any atom is 0.156 e. The molecule has 4 aliphatic rings. The Bertz CT molecular complexity index is 675. The van der Waals surface area contributed by atoms with Crippen LogP contribution in [0.15, 0.2) is 23.3 Å². The molecular formula is C21H27FO2. The molecule has 0 aromatic rings. The number of hydrogen-bond donors (Lipinski definition) is 0. The Morgan fingerprint density at radius 1 is 1.21 bits per heavy atom. The van der Waals surface area contributed by atoms with Gasteiger partial charge < -0.3 is 0 Å². The largest absolute Gasteiger partial charge is 0.295 e. The molecule has 0 aromatic carbocycles. The van der Waals surface area contributed by atoms with Gasteiger partial charge in [0.25, 0.3) is 0 Å². The Kier molecular flexibility index (Phi) is 3.47. The van der Waals surface area contributed by atoms with E-state index in [0.29, 0.717) is 30.6 Å². The molecular weight excluding hydrogens is 303 g/mol. The highest BCUT2D eigenvalue weighted by Gasteiger charge is 2.59. The van der Waals surface area contributed by atoms with Gasteiger partial charge in [0.2, 0.25) is 0 Å². The zero-order valence-electron chi connectivity index (χ0n) is 14.9. The summed E-state index contributed by atoms with van der Waals surface area (Å²) in [6.45, 7) is 6.07. The number of alkyl halides is 1. The van der Waals surface area contributed by atoms with Crippen LogP contribution < -0.4 is 0 Å². The number of hydrogen-bond acceptors (Lipinski definition) is 2. The second-order valence-corrected chi connectivity index (χ2v) is 8.93. The number of carbonyl (C=O) groups is 2. The highest BCUT2D eigenvalue weighted by molar-refractivity contribution is 5.95. The number of Topliss-reactive ketones (excluding diaryl/α,β-unsaturated/α-hetero) is 1. The molecule has 4 rings (SSSR count). The molecule has 130 valence electrons. The number of ketones is 2. The molecule has 0 saturated heterocycles. The molecule has 24 heavy (non-hydrogen) atoms. The first-order valence-electron chi connectivity index (χ1n) is 9.38. The summed E-state index contributed by atoms with van der Waals surface area (Å²) in [5, 5.41) is 0. The van der Waals surface area contributed by atoms with E-state index in [1.165, 1.54) is 0 Å². The molecule has 0 spiro atoms. The third kappa shape index (κ3) is 1.99. The number of carbonyl (C=O) groups excluding carboxylic acids is 2. The van der Waals surface area contributed by atoms with Crippen LogP contribution >= 0.6 is 0 Å². The summed E-state index contributed by atoms with van der Waals surface area (Å²) >= 11 is 0. The van der Waals surface area contributed by atoms with Crippen molar-refractivity contribution in [2.75, 3.05) is 0 Å². The zero-order valence-corrected chi connectivity index (χ0v) is 14.9. The lowest BCUT2D eigenvalue weighted by molar-refractivity contribution is -0.119. The van der Waals surface area contributed by atoms with Gasteiger partial charge in [-0.15, -0.1) is 0 Å². The van der Waals surface area contributed by atoms with E-state index < -0.39 is 6.17 Å². The molecule has 0 amide bonds. The van der Waals surface area contributed by atoms with E-state index in [1.54, 1.807) is 13.0 Å². The fourth-order valence-electron chi connectivity index (χ4n) is 6.67. The molecule has 0 N–H and O–H groups in total. The Morgan fingerprint density at radius 2 is 1.96 bits per heavy atom. The van der Waals surface area contributed by atoms with E-state index in [2.05, 4.69) is 19.9 Å². The predicted octanol–water partition coefficient (Wildman–Crippen LogP) is 4.59. The van der Waals surface area contributed by atoms with Gasteiger partial charge in [-0.05, 0) is 84.8 Å². The number of allylic oxidation sites excluding steroid dienone is 4. The normalized spacial score (nSPS) is 47.2. The van der Waals surface area contributed by atoms with Gasteiger partial charge in [-0.3, -0.25) is 9.59 Å². The molecule has 0 aliphatic heterocycles. The number of rotatable bonds is 1. The summed E-state index contributed by atoms with van der Waals surface area (Å²) in [6.07, 6.45) is 7.57. The second-order valence-electron chi connectivity index (χ2n) is 8.93. The standard InChI is InChI=1S/C21H27FO2/c1-12(23)15-4-5-16-14-11-19(22)18-10-13(24)6-8-21(18,3)17(14)7-9-20(15,16)2/h4,10,14,16-17,19H,5-9,11H2,1-3H3/t14-,16-,17-,19-,20+,21+/m0/s1. The van der Waals surface area contributed by atoms with Crippen molar-refractivity contribution in [1.29, 1.82) is 0 Å². The minimum absolute atomic E-state index is 0.0746. The van der Waals surface area contributed by atoms with Gasteiger partial charge in [0.05, 0.1) is 0 Å². The molecule has 4 aliphatic carbocycles. The molecule has 3 heteroatoms. The average molecular weight is 330 g/mol. The topological polar surface area (TPSA) is 34.1 Å². The maximum absolute atomic E-state index is 15.0. The molecule has 6 atom stereocenters. The van der Waals surface area contributed by atoms with Crippen molar-refractivity contribution in [3.63, 3.8) is 0 Å². The van der Waals surface area contributed by atoms with Crippen molar-refractivity contribution < 1.29 is 14.0 Å². The molecule has 0 radical (unpaired) electrons. The van der Waals surface area contributed by atoms with Gasteiger partial charge in [0.1, 0.15) is 6.17 Å². The molecule has 0 bridgehead atoms. The second kappa shape index (κ2) is 5.12. The smallest absolute Gasteiger partial charge is 0.156 e. The van der Waals surface area contributed by atoms with Crippen LogP contribution in [-0.2, 0) is 9.59 Å². The van der Waals surface area contributed by atoms with E-state index >= 15 is 4.39 Å². The minimum Gasteiger partial charge on any atom is -0.295 e. The molecule has 2 fully saturated rings. The molecule has 2 saturated carbocycles. The summed E-state index contributed by atoms with van der Waals surface area (Å²) in [6, 6.07) is 0. The van der Waals surface area contributed by atoms with Crippen LogP contribution in [0.1, 0.15) is 59.3 Å². The number of fused-ring (bicyclic) bond motifs is 5. The first kappa shape index (κ1) is 16.2. The first-order valence-corrected chi connectivity index (χ1v) is 9.38. The fourth-order valence-corrected chi connectivity index (χ4v) is 6.67. The highest BCUT2D eigenvalue weighted by atomic mass is 19.1. The van der Waals surface area contributed by atoms with Crippen LogP contribution in [0.3, 0.4) is 0 Å². The number of halogens is 1. The fraction of sp³-hybridized carbons (Fsp3) is 0.714. The molecule has 0 aromatic heterocycles. The Labute approximate surface area is 143 Å². The quantitative estimate of drug-likeness (QED) is 0.704. The van der Waals surface area contributed by atoms with Crippen molar-refractivity contribution in [2.24, 2.45) is 28.6 Å². The van der Waals surface area contributed by atoms with Gasteiger partial charge >= 0.3 is 0 Å². The molecule has 2 nitrogen and oxygen atoms in total. The maximum atomic E-state index is 15.0. The summed E-state index contributed by atoms with van der Waals surface area (Å²) in [4.78, 5) is 23.9. The van der Waals surface area contributed by atoms with E-state index in [9.17, 15) is 9.59 Å². The van der Waals surface area contributed by atoms with Crippen LogP contribution in [0.5, 0.6) is 0 Å². The van der Waals surface area contributed by atoms with E-state index in [0.717, 1.165) is 36.8 Å². The van der Waals surface area contributed by atoms with Crippen LogP contribution in [0, 0.1) is 28.6 Å². The lowest BCUT2D eigenvalue weighted by Crippen LogP contribution is -2.53. The van der Waals surface area contributed by atoms with Crippen LogP contribution in [0.25, 0.3) is 0 Å². The van der Waals surface area contributed by atoms with E-state index in [4.69, 9.17) is 0 Å². The van der Waals surface area contributed by atoms with Crippen molar-refractivity contribution in [3.8, 4) is 0 Å². The molecule has 0 unspecified atom stereocenters. The third-order valence-corrected chi connectivity index (χ3v) is 7.90. The summed E-state index contributed by atoms with van der Waals surface area (Å²) < 4.78 is 15.0. The summed E-state index contributed by atoms with van der Waals surface area (Å²) in [5.41, 5.74) is 1.50. The van der Waals surface area contributed by atoms with Gasteiger partial charge in [0, 0.05) is 6.42 Å². The van der Waals surface area contributed by atoms with Crippen molar-refractivity contribution >= 4 is 11.6 Å². The Morgan fingerprint density at radius 3 is 2.67 bits per heavy atom.